The van der Waals surface area contributed by atoms with Gasteiger partial charge in [-0.1, -0.05) is 5.16 Å². The summed E-state index contributed by atoms with van der Waals surface area (Å²) < 4.78 is 44.4. The minimum Gasteiger partial charge on any atom is -0.393 e. The summed E-state index contributed by atoms with van der Waals surface area (Å²) in [5, 5.41) is 12.5. The van der Waals surface area contributed by atoms with Gasteiger partial charge in [0.05, 0.1) is 6.10 Å². The Hall–Kier alpha value is -1.15. The van der Waals surface area contributed by atoms with E-state index < -0.39 is 18.9 Å². The molecule has 0 saturated heterocycles. The molecule has 98 valence electrons. The molecule has 0 spiro atoms. The second-order valence-corrected chi connectivity index (χ2v) is 3.60. The SMILES string of the molecule is CC(O)CCc1nc(COCC(F)(F)F)no1. The third-order valence-electron chi connectivity index (χ3n) is 1.78. The van der Waals surface area contributed by atoms with Gasteiger partial charge < -0.3 is 14.4 Å². The molecule has 0 bridgehead atoms. The molecule has 0 aliphatic heterocycles. The number of alkyl halides is 3. The van der Waals surface area contributed by atoms with Gasteiger partial charge in [-0.3, -0.25) is 0 Å². The summed E-state index contributed by atoms with van der Waals surface area (Å²) in [6.45, 7) is -0.0774. The van der Waals surface area contributed by atoms with E-state index in [0.717, 1.165) is 0 Å². The molecule has 0 aliphatic rings. The lowest BCUT2D eigenvalue weighted by Gasteiger charge is -2.04. The van der Waals surface area contributed by atoms with Gasteiger partial charge in [-0.2, -0.15) is 18.2 Å². The van der Waals surface area contributed by atoms with Crippen LogP contribution >= 0.6 is 0 Å². The number of aliphatic hydroxyl groups is 1. The second-order valence-electron chi connectivity index (χ2n) is 3.60. The third-order valence-corrected chi connectivity index (χ3v) is 1.78. The van der Waals surface area contributed by atoms with Crippen molar-refractivity contribution in [1.29, 1.82) is 0 Å². The molecule has 1 N–H and O–H groups in total. The van der Waals surface area contributed by atoms with Gasteiger partial charge in [-0.25, -0.2) is 0 Å². The predicted molar refractivity (Wildman–Crippen MR) is 50.0 cm³/mol. The largest absolute Gasteiger partial charge is 0.411 e. The highest BCUT2D eigenvalue weighted by Gasteiger charge is 2.27. The number of halogens is 3. The molecule has 0 aromatic carbocycles. The fraction of sp³-hybridized carbons (Fsp3) is 0.778. The minimum atomic E-state index is -4.36. The number of nitrogens with zero attached hydrogens (tertiary/aromatic N) is 2. The number of hydrogen-bond donors (Lipinski definition) is 1. The van der Waals surface area contributed by atoms with E-state index in [1.54, 1.807) is 6.92 Å². The monoisotopic (exact) mass is 254 g/mol. The first kappa shape index (κ1) is 13.9. The first-order valence-corrected chi connectivity index (χ1v) is 5.01. The maximum Gasteiger partial charge on any atom is 0.411 e. The maximum atomic E-state index is 11.8. The predicted octanol–water partition coefficient (Wildman–Crippen LogP) is 1.46. The second kappa shape index (κ2) is 5.97. The zero-order chi connectivity index (χ0) is 12.9. The Morgan fingerprint density at radius 3 is 2.76 bits per heavy atom. The fourth-order valence-corrected chi connectivity index (χ4v) is 1.04. The molecule has 1 rings (SSSR count). The van der Waals surface area contributed by atoms with Crippen LogP contribution in [0.3, 0.4) is 0 Å². The highest BCUT2D eigenvalue weighted by Crippen LogP contribution is 2.15. The maximum absolute atomic E-state index is 11.8. The van der Waals surface area contributed by atoms with Gasteiger partial charge >= 0.3 is 6.18 Å². The summed E-state index contributed by atoms with van der Waals surface area (Å²) in [5.41, 5.74) is 0. The van der Waals surface area contributed by atoms with Gasteiger partial charge in [0, 0.05) is 6.42 Å². The van der Waals surface area contributed by atoms with Crippen molar-refractivity contribution in [2.24, 2.45) is 0 Å². The number of ether oxygens (including phenoxy) is 1. The Morgan fingerprint density at radius 1 is 1.47 bits per heavy atom. The topological polar surface area (TPSA) is 68.4 Å². The van der Waals surface area contributed by atoms with Crippen LogP contribution in [0, 0.1) is 0 Å². The number of hydrogen-bond acceptors (Lipinski definition) is 5. The summed E-state index contributed by atoms with van der Waals surface area (Å²) in [6, 6.07) is 0. The zero-order valence-corrected chi connectivity index (χ0v) is 9.20. The van der Waals surface area contributed by atoms with Crippen LogP contribution in [0.5, 0.6) is 0 Å². The van der Waals surface area contributed by atoms with Crippen LogP contribution in [-0.4, -0.2) is 34.1 Å². The smallest absolute Gasteiger partial charge is 0.393 e. The molecule has 8 heteroatoms. The van der Waals surface area contributed by atoms with E-state index in [0.29, 0.717) is 12.8 Å². The van der Waals surface area contributed by atoms with Crippen LogP contribution in [0.1, 0.15) is 25.1 Å². The van der Waals surface area contributed by atoms with E-state index in [1.165, 1.54) is 0 Å². The van der Waals surface area contributed by atoms with E-state index in [1.807, 2.05) is 0 Å². The van der Waals surface area contributed by atoms with Crippen molar-refractivity contribution < 1.29 is 27.5 Å². The van der Waals surface area contributed by atoms with E-state index in [9.17, 15) is 13.2 Å². The van der Waals surface area contributed by atoms with E-state index >= 15 is 0 Å². The molecule has 5 nitrogen and oxygen atoms in total. The first-order chi connectivity index (χ1) is 7.87. The number of aromatic nitrogens is 2. The molecule has 0 aliphatic carbocycles. The quantitative estimate of drug-likeness (QED) is 0.832. The summed E-state index contributed by atoms with van der Waals surface area (Å²) in [4.78, 5) is 3.82. The van der Waals surface area contributed by atoms with Gasteiger partial charge in [0.25, 0.3) is 0 Å². The average molecular weight is 254 g/mol. The molecule has 1 unspecified atom stereocenters. The first-order valence-electron chi connectivity index (χ1n) is 5.01. The van der Waals surface area contributed by atoms with Crippen molar-refractivity contribution >= 4 is 0 Å². The molecule has 0 radical (unpaired) electrons. The van der Waals surface area contributed by atoms with Crippen molar-refractivity contribution in [3.63, 3.8) is 0 Å². The van der Waals surface area contributed by atoms with Crippen LogP contribution in [-0.2, 0) is 17.8 Å². The van der Waals surface area contributed by atoms with Crippen LogP contribution in [0.4, 0.5) is 13.2 Å². The zero-order valence-electron chi connectivity index (χ0n) is 9.20. The number of rotatable bonds is 6. The van der Waals surface area contributed by atoms with Gasteiger partial charge in [0.2, 0.25) is 5.89 Å². The Morgan fingerprint density at radius 2 is 2.18 bits per heavy atom. The van der Waals surface area contributed by atoms with Crippen molar-refractivity contribution in [2.75, 3.05) is 6.61 Å². The highest BCUT2D eigenvalue weighted by atomic mass is 19.4. The lowest BCUT2D eigenvalue weighted by atomic mass is 10.2. The van der Waals surface area contributed by atoms with Crippen LogP contribution in [0.15, 0.2) is 4.52 Å². The van der Waals surface area contributed by atoms with E-state index in [2.05, 4.69) is 14.9 Å². The Balaban J connectivity index is 2.31. The van der Waals surface area contributed by atoms with E-state index in [4.69, 9.17) is 9.63 Å². The number of aliphatic hydroxyl groups excluding tert-OH is 1. The lowest BCUT2D eigenvalue weighted by Crippen LogP contribution is -2.17. The van der Waals surface area contributed by atoms with Crippen LogP contribution in [0.2, 0.25) is 0 Å². The lowest BCUT2D eigenvalue weighted by molar-refractivity contribution is -0.177. The normalized spacial score (nSPS) is 13.9. The fourth-order valence-electron chi connectivity index (χ4n) is 1.04. The van der Waals surface area contributed by atoms with Crippen molar-refractivity contribution in [3.8, 4) is 0 Å². The summed E-state index contributed by atoms with van der Waals surface area (Å²) in [6.07, 6.45) is -4.03. The Labute approximate surface area is 95.6 Å². The minimum absolute atomic E-state index is 0.0647. The molecule has 1 atom stereocenters. The molecule has 0 fully saturated rings. The molecular weight excluding hydrogens is 241 g/mol. The Kier molecular flexibility index (Phi) is 4.88. The molecule has 1 heterocycles. The standard InChI is InChI=1S/C9H13F3N2O3/c1-6(15)2-3-8-13-7(14-17-8)4-16-5-9(10,11)12/h6,15H,2-5H2,1H3. The summed E-state index contributed by atoms with van der Waals surface area (Å²) >= 11 is 0. The molecule has 1 aromatic heterocycles. The molecule has 1 aromatic rings. The average Bonchev–Trinajstić information content (AvgIpc) is 2.61. The summed E-state index contributed by atoms with van der Waals surface area (Å²) in [7, 11) is 0. The molecule has 0 amide bonds. The van der Waals surface area contributed by atoms with Crippen molar-refractivity contribution in [1.82, 2.24) is 10.1 Å². The molecule has 17 heavy (non-hydrogen) atoms. The van der Waals surface area contributed by atoms with Gasteiger partial charge in [0.15, 0.2) is 5.82 Å². The van der Waals surface area contributed by atoms with Gasteiger partial charge in [-0.15, -0.1) is 0 Å². The van der Waals surface area contributed by atoms with Crippen molar-refractivity contribution in [3.05, 3.63) is 11.7 Å². The van der Waals surface area contributed by atoms with Gasteiger partial charge in [-0.05, 0) is 13.3 Å². The van der Waals surface area contributed by atoms with Gasteiger partial charge in [0.1, 0.15) is 13.2 Å². The third kappa shape index (κ3) is 6.22. The number of aryl methyl sites for hydroxylation is 1. The van der Waals surface area contributed by atoms with E-state index in [-0.39, 0.29) is 18.3 Å². The van der Waals surface area contributed by atoms with Crippen LogP contribution < -0.4 is 0 Å². The van der Waals surface area contributed by atoms with Crippen molar-refractivity contribution in [2.45, 2.75) is 38.7 Å². The molecular formula is C9H13F3N2O3. The van der Waals surface area contributed by atoms with Crippen LogP contribution in [0.25, 0.3) is 0 Å². The Bertz CT molecular complexity index is 338. The highest BCUT2D eigenvalue weighted by molar-refractivity contribution is 4.85. The summed E-state index contributed by atoms with van der Waals surface area (Å²) in [5.74, 6) is 0.339. The molecule has 0 saturated carbocycles.